The minimum absolute atomic E-state index is 0.00948. The molecule has 0 bridgehead atoms. The number of non-ortho nitro benzene ring substituents is 1. The number of methoxy groups -OCH3 is 1. The predicted molar refractivity (Wildman–Crippen MR) is 167 cm³/mol. The van der Waals surface area contributed by atoms with E-state index in [4.69, 9.17) is 18.9 Å². The van der Waals surface area contributed by atoms with Crippen LogP contribution in [0.15, 0.2) is 105 Å². The zero-order chi connectivity index (χ0) is 29.2. The lowest BCUT2D eigenvalue weighted by molar-refractivity contribution is -0.384. The normalized spacial score (nSPS) is 11.4. The Labute approximate surface area is 252 Å². The van der Waals surface area contributed by atoms with E-state index in [2.05, 4.69) is 27.7 Å². The molecular weight excluding hydrogens is 651 g/mol. The number of ether oxygens (including phenoxy) is 2. The highest BCUT2D eigenvalue weighted by Gasteiger charge is 2.17. The van der Waals surface area contributed by atoms with Gasteiger partial charge in [0.15, 0.2) is 17.3 Å². The monoisotopic (exact) mass is 672 g/mol. The predicted octanol–water partition coefficient (Wildman–Crippen LogP) is 6.79. The largest absolute Gasteiger partial charge is 0.493 e. The Morgan fingerprint density at radius 3 is 2.67 bits per heavy atom. The number of rotatable bonds is 8. The van der Waals surface area contributed by atoms with E-state index in [1.807, 2.05) is 42.5 Å². The molecule has 4 aromatic carbocycles. The van der Waals surface area contributed by atoms with Gasteiger partial charge >= 0.3 is 0 Å². The molecule has 42 heavy (non-hydrogen) atoms. The number of halogens is 1. The number of furan rings is 1. The second-order valence-electron chi connectivity index (χ2n) is 9.21. The third-order valence-electron chi connectivity index (χ3n) is 6.48. The van der Waals surface area contributed by atoms with Gasteiger partial charge in [-0.05, 0) is 70.1 Å². The van der Waals surface area contributed by atoms with Crippen molar-refractivity contribution in [2.45, 2.75) is 6.61 Å². The minimum atomic E-state index is -0.446. The second-order valence-corrected chi connectivity index (χ2v) is 10.4. The number of hydrogen-bond acceptors (Lipinski definition) is 8. The zero-order valence-corrected chi connectivity index (χ0v) is 24.2. The van der Waals surface area contributed by atoms with Crippen molar-refractivity contribution in [1.29, 1.82) is 0 Å². The van der Waals surface area contributed by atoms with E-state index in [9.17, 15) is 14.9 Å². The molecule has 2 aromatic heterocycles. The maximum absolute atomic E-state index is 13.6. The number of para-hydroxylation sites is 2. The molecule has 0 aliphatic heterocycles. The Kier molecular flexibility index (Phi) is 7.40. The number of nitro benzene ring substituents is 1. The number of benzene rings is 4. The van der Waals surface area contributed by atoms with Crippen LogP contribution in [0.25, 0.3) is 33.5 Å². The number of aromatic nitrogens is 2. The van der Waals surface area contributed by atoms with Gasteiger partial charge in [-0.15, -0.1) is 0 Å². The van der Waals surface area contributed by atoms with Crippen molar-refractivity contribution >= 4 is 56.4 Å². The van der Waals surface area contributed by atoms with Gasteiger partial charge in [0.2, 0.25) is 5.82 Å². The standard InChI is InChI=1S/C31H21IN4O6/c1-40-27-15-20(14-24(32)29(27)41-18-19-7-6-9-22(13-19)36(38)39)17-33-35-30(28-16-21-8-2-5-12-26(21)42-28)34-25-11-4-3-10-23(25)31(35)37/h2-17H,18H2,1H3. The highest BCUT2D eigenvalue weighted by atomic mass is 127. The highest BCUT2D eigenvalue weighted by molar-refractivity contribution is 14.1. The van der Waals surface area contributed by atoms with Gasteiger partial charge in [0.05, 0.1) is 32.7 Å². The van der Waals surface area contributed by atoms with Crippen molar-refractivity contribution in [3.05, 3.63) is 126 Å². The molecule has 208 valence electrons. The van der Waals surface area contributed by atoms with Gasteiger partial charge < -0.3 is 13.9 Å². The lowest BCUT2D eigenvalue weighted by atomic mass is 10.2. The molecule has 0 saturated carbocycles. The van der Waals surface area contributed by atoms with Gasteiger partial charge in [0, 0.05) is 17.5 Å². The van der Waals surface area contributed by atoms with Crippen LogP contribution < -0.4 is 15.0 Å². The summed E-state index contributed by atoms with van der Waals surface area (Å²) in [6, 6.07) is 26.3. The van der Waals surface area contributed by atoms with Crippen LogP contribution in [0.2, 0.25) is 0 Å². The Hall–Kier alpha value is -5.04. The molecule has 0 atom stereocenters. The molecule has 2 heterocycles. The van der Waals surface area contributed by atoms with Gasteiger partial charge in [0.25, 0.3) is 11.2 Å². The van der Waals surface area contributed by atoms with E-state index >= 15 is 0 Å². The van der Waals surface area contributed by atoms with E-state index in [1.165, 1.54) is 23.9 Å². The molecule has 11 heteroatoms. The fourth-order valence-corrected chi connectivity index (χ4v) is 5.26. The lowest BCUT2D eigenvalue weighted by Gasteiger charge is -2.14. The maximum atomic E-state index is 13.6. The van der Waals surface area contributed by atoms with E-state index < -0.39 is 4.92 Å². The van der Waals surface area contributed by atoms with Crippen molar-refractivity contribution in [1.82, 2.24) is 9.66 Å². The number of fused-ring (bicyclic) bond motifs is 2. The average molecular weight is 672 g/mol. The van der Waals surface area contributed by atoms with Crippen molar-refractivity contribution in [2.75, 3.05) is 7.11 Å². The van der Waals surface area contributed by atoms with Crippen LogP contribution in [-0.2, 0) is 6.61 Å². The third kappa shape index (κ3) is 5.33. The van der Waals surface area contributed by atoms with E-state index in [0.29, 0.717) is 44.9 Å². The number of nitro groups is 1. The van der Waals surface area contributed by atoms with Crippen LogP contribution >= 0.6 is 22.6 Å². The number of hydrogen-bond donors (Lipinski definition) is 0. The van der Waals surface area contributed by atoms with Crippen molar-refractivity contribution < 1.29 is 18.8 Å². The van der Waals surface area contributed by atoms with Crippen molar-refractivity contribution in [3.8, 4) is 23.1 Å². The summed E-state index contributed by atoms with van der Waals surface area (Å²) in [5.74, 6) is 1.60. The summed E-state index contributed by atoms with van der Waals surface area (Å²) in [4.78, 5) is 29.0. The first kappa shape index (κ1) is 27.1. The third-order valence-corrected chi connectivity index (χ3v) is 7.28. The van der Waals surface area contributed by atoms with Crippen molar-refractivity contribution in [2.24, 2.45) is 5.10 Å². The van der Waals surface area contributed by atoms with E-state index in [0.717, 1.165) is 8.96 Å². The average Bonchev–Trinajstić information content (AvgIpc) is 3.44. The molecular formula is C31H21IN4O6. The molecule has 0 amide bonds. The first-order valence-corrected chi connectivity index (χ1v) is 13.8. The summed E-state index contributed by atoms with van der Waals surface area (Å²) in [6.45, 7) is 0.112. The topological polar surface area (TPSA) is 122 Å². The second kappa shape index (κ2) is 11.4. The van der Waals surface area contributed by atoms with Crippen LogP contribution in [-0.4, -0.2) is 27.9 Å². The van der Waals surface area contributed by atoms with Gasteiger partial charge in [-0.1, -0.05) is 42.5 Å². The fourth-order valence-electron chi connectivity index (χ4n) is 4.48. The lowest BCUT2D eigenvalue weighted by Crippen LogP contribution is -2.20. The quantitative estimate of drug-likeness (QED) is 0.0755. The first-order chi connectivity index (χ1) is 20.4. The van der Waals surface area contributed by atoms with Crippen LogP contribution in [0.5, 0.6) is 11.5 Å². The molecule has 10 nitrogen and oxygen atoms in total. The minimum Gasteiger partial charge on any atom is -0.493 e. The van der Waals surface area contributed by atoms with Gasteiger partial charge in [-0.2, -0.15) is 9.78 Å². The zero-order valence-electron chi connectivity index (χ0n) is 22.1. The number of nitrogens with zero attached hydrogens (tertiary/aromatic N) is 4. The van der Waals surface area contributed by atoms with Gasteiger partial charge in [0.1, 0.15) is 12.2 Å². The Bertz CT molecular complexity index is 2030. The molecule has 0 fully saturated rings. The molecule has 0 N–H and O–H groups in total. The Morgan fingerprint density at radius 2 is 1.86 bits per heavy atom. The smallest absolute Gasteiger partial charge is 0.282 e. The molecule has 6 aromatic rings. The molecule has 0 spiro atoms. The molecule has 0 unspecified atom stereocenters. The van der Waals surface area contributed by atoms with E-state index in [-0.39, 0.29) is 23.7 Å². The van der Waals surface area contributed by atoms with Crippen LogP contribution in [0.3, 0.4) is 0 Å². The Morgan fingerprint density at radius 1 is 1.05 bits per heavy atom. The summed E-state index contributed by atoms with van der Waals surface area (Å²) in [7, 11) is 1.52. The maximum Gasteiger partial charge on any atom is 0.282 e. The summed E-state index contributed by atoms with van der Waals surface area (Å²) in [5.41, 5.74) is 2.15. The first-order valence-electron chi connectivity index (χ1n) is 12.7. The van der Waals surface area contributed by atoms with Crippen molar-refractivity contribution in [3.63, 3.8) is 0 Å². The molecule has 0 radical (unpaired) electrons. The summed E-state index contributed by atoms with van der Waals surface area (Å²) >= 11 is 2.12. The SMILES string of the molecule is COc1cc(C=Nn2c(-c3cc4ccccc4o3)nc3ccccc3c2=O)cc(I)c1OCc1cccc([N+](=O)[O-])c1. The molecule has 0 aliphatic carbocycles. The summed E-state index contributed by atoms with van der Waals surface area (Å²) < 4.78 is 19.6. The summed E-state index contributed by atoms with van der Waals surface area (Å²) in [6.07, 6.45) is 1.54. The van der Waals surface area contributed by atoms with E-state index in [1.54, 1.807) is 42.6 Å². The Balaban J connectivity index is 1.36. The van der Waals surface area contributed by atoms with Gasteiger partial charge in [-0.3, -0.25) is 14.9 Å². The van der Waals surface area contributed by atoms with Crippen LogP contribution in [0.1, 0.15) is 11.1 Å². The summed E-state index contributed by atoms with van der Waals surface area (Å²) in [5, 5.41) is 16.9. The highest BCUT2D eigenvalue weighted by Crippen LogP contribution is 2.34. The van der Waals surface area contributed by atoms with Gasteiger partial charge in [-0.25, -0.2) is 4.98 Å². The molecule has 6 rings (SSSR count). The molecule has 0 saturated heterocycles. The fraction of sp³-hybridized carbons (Fsp3) is 0.0645. The van der Waals surface area contributed by atoms with Crippen LogP contribution in [0.4, 0.5) is 5.69 Å². The van der Waals surface area contributed by atoms with Crippen LogP contribution in [0, 0.1) is 13.7 Å². The molecule has 0 aliphatic rings.